The average Bonchev–Trinajstić information content (AvgIpc) is 2.93. The van der Waals surface area contributed by atoms with E-state index in [-0.39, 0.29) is 12.4 Å². The van der Waals surface area contributed by atoms with Gasteiger partial charge in [-0.25, -0.2) is 9.37 Å². The van der Waals surface area contributed by atoms with Crippen LogP contribution < -0.4 is 10.1 Å². The number of aliphatic hydroxyl groups excluding tert-OH is 1. The second-order valence-electron chi connectivity index (χ2n) is 5.03. The van der Waals surface area contributed by atoms with Gasteiger partial charge >= 0.3 is 0 Å². The Bertz CT molecular complexity index is 771. The van der Waals surface area contributed by atoms with Crippen molar-refractivity contribution in [3.8, 4) is 5.75 Å². The van der Waals surface area contributed by atoms with Gasteiger partial charge in [0.05, 0.1) is 24.2 Å². The topological polar surface area (TPSA) is 59.3 Å². The van der Waals surface area contributed by atoms with Crippen molar-refractivity contribution in [3.63, 3.8) is 0 Å². The van der Waals surface area contributed by atoms with Crippen LogP contribution in [-0.4, -0.2) is 34.4 Å². The van der Waals surface area contributed by atoms with Crippen molar-refractivity contribution in [2.45, 2.75) is 6.54 Å². The second-order valence-corrected chi connectivity index (χ2v) is 5.03. The van der Waals surface area contributed by atoms with Crippen molar-refractivity contribution < 1.29 is 14.2 Å². The van der Waals surface area contributed by atoms with Crippen LogP contribution in [0, 0.1) is 5.82 Å². The molecular weight excluding hydrogens is 297 g/mol. The van der Waals surface area contributed by atoms with Crippen molar-refractivity contribution in [3.05, 3.63) is 54.3 Å². The monoisotopic (exact) mass is 315 g/mol. The Labute approximate surface area is 133 Å². The molecule has 0 fully saturated rings. The van der Waals surface area contributed by atoms with Crippen LogP contribution >= 0.6 is 0 Å². The van der Waals surface area contributed by atoms with E-state index in [1.807, 2.05) is 28.8 Å². The SMILES string of the molecule is OCCNc1nc2ccccc2n1CCOc1ccc(F)cc1. The van der Waals surface area contributed by atoms with Crippen LogP contribution in [-0.2, 0) is 6.54 Å². The second kappa shape index (κ2) is 7.11. The minimum absolute atomic E-state index is 0.0370. The molecule has 1 heterocycles. The standard InChI is InChI=1S/C17H18FN3O2/c18-13-5-7-14(8-6-13)23-12-10-21-16-4-2-1-3-15(16)20-17(21)19-9-11-22/h1-8,22H,9-12H2,(H,19,20). The lowest BCUT2D eigenvalue weighted by Gasteiger charge is -2.11. The van der Waals surface area contributed by atoms with Crippen molar-refractivity contribution in [1.29, 1.82) is 0 Å². The van der Waals surface area contributed by atoms with Gasteiger partial charge in [-0.15, -0.1) is 0 Å². The highest BCUT2D eigenvalue weighted by Crippen LogP contribution is 2.19. The van der Waals surface area contributed by atoms with Gasteiger partial charge in [0.15, 0.2) is 0 Å². The van der Waals surface area contributed by atoms with Crippen LogP contribution in [0.4, 0.5) is 10.3 Å². The Morgan fingerprint density at radius 2 is 1.91 bits per heavy atom. The number of hydrogen-bond acceptors (Lipinski definition) is 4. The summed E-state index contributed by atoms with van der Waals surface area (Å²) in [6.07, 6.45) is 0. The minimum atomic E-state index is -0.284. The number of aromatic nitrogens is 2. The number of ether oxygens (including phenoxy) is 1. The zero-order valence-corrected chi connectivity index (χ0v) is 12.6. The molecule has 2 aromatic carbocycles. The van der Waals surface area contributed by atoms with E-state index in [4.69, 9.17) is 9.84 Å². The highest BCUT2D eigenvalue weighted by Gasteiger charge is 2.09. The van der Waals surface area contributed by atoms with Gasteiger partial charge in [-0.05, 0) is 36.4 Å². The summed E-state index contributed by atoms with van der Waals surface area (Å²) in [6.45, 7) is 1.49. The summed E-state index contributed by atoms with van der Waals surface area (Å²) in [6, 6.07) is 13.8. The normalized spacial score (nSPS) is 10.9. The quantitative estimate of drug-likeness (QED) is 0.704. The fourth-order valence-corrected chi connectivity index (χ4v) is 2.39. The van der Waals surface area contributed by atoms with Crippen molar-refractivity contribution >= 4 is 17.0 Å². The number of anilines is 1. The van der Waals surface area contributed by atoms with Gasteiger partial charge in [-0.2, -0.15) is 0 Å². The van der Waals surface area contributed by atoms with E-state index in [1.54, 1.807) is 12.1 Å². The fraction of sp³-hybridized carbons (Fsp3) is 0.235. The zero-order chi connectivity index (χ0) is 16.1. The first-order valence-electron chi connectivity index (χ1n) is 7.46. The lowest BCUT2D eigenvalue weighted by Crippen LogP contribution is -2.14. The smallest absolute Gasteiger partial charge is 0.204 e. The van der Waals surface area contributed by atoms with E-state index in [0.29, 0.717) is 31.4 Å². The van der Waals surface area contributed by atoms with Crippen molar-refractivity contribution in [2.75, 3.05) is 25.1 Å². The molecule has 3 rings (SSSR count). The summed E-state index contributed by atoms with van der Waals surface area (Å²) >= 11 is 0. The van der Waals surface area contributed by atoms with Crippen LogP contribution in [0.1, 0.15) is 0 Å². The van der Waals surface area contributed by atoms with E-state index < -0.39 is 0 Å². The molecule has 0 radical (unpaired) electrons. The molecule has 0 spiro atoms. The maximum atomic E-state index is 12.9. The summed E-state index contributed by atoms with van der Waals surface area (Å²) in [5, 5.41) is 12.1. The van der Waals surface area contributed by atoms with E-state index in [2.05, 4.69) is 10.3 Å². The number of benzene rings is 2. The van der Waals surface area contributed by atoms with Crippen LogP contribution in [0.15, 0.2) is 48.5 Å². The molecule has 120 valence electrons. The summed E-state index contributed by atoms with van der Waals surface area (Å²) in [4.78, 5) is 4.52. The molecular formula is C17H18FN3O2. The maximum Gasteiger partial charge on any atom is 0.204 e. The van der Waals surface area contributed by atoms with Gasteiger partial charge in [-0.1, -0.05) is 12.1 Å². The first-order valence-corrected chi connectivity index (χ1v) is 7.46. The molecule has 5 nitrogen and oxygen atoms in total. The summed E-state index contributed by atoms with van der Waals surface area (Å²) in [7, 11) is 0. The number of rotatable bonds is 7. The zero-order valence-electron chi connectivity index (χ0n) is 12.6. The Kier molecular flexibility index (Phi) is 4.73. The van der Waals surface area contributed by atoms with Gasteiger partial charge in [0.1, 0.15) is 18.2 Å². The van der Waals surface area contributed by atoms with Gasteiger partial charge in [-0.3, -0.25) is 0 Å². The van der Waals surface area contributed by atoms with E-state index in [9.17, 15) is 4.39 Å². The largest absolute Gasteiger partial charge is 0.492 e. The number of fused-ring (bicyclic) bond motifs is 1. The molecule has 23 heavy (non-hydrogen) atoms. The summed E-state index contributed by atoms with van der Waals surface area (Å²) in [5.74, 6) is 1.04. The predicted octanol–water partition coefficient (Wildman–Crippen LogP) is 2.66. The molecule has 0 aliphatic rings. The van der Waals surface area contributed by atoms with Gasteiger partial charge in [0.2, 0.25) is 5.95 Å². The first kappa shape index (κ1) is 15.3. The van der Waals surface area contributed by atoms with E-state index in [0.717, 1.165) is 11.0 Å². The molecule has 0 aliphatic carbocycles. The Balaban J connectivity index is 1.73. The molecule has 0 atom stereocenters. The highest BCUT2D eigenvalue weighted by molar-refractivity contribution is 5.78. The lowest BCUT2D eigenvalue weighted by molar-refractivity contribution is 0.299. The molecule has 0 saturated heterocycles. The fourth-order valence-electron chi connectivity index (χ4n) is 2.39. The van der Waals surface area contributed by atoms with Crippen LogP contribution in [0.2, 0.25) is 0 Å². The van der Waals surface area contributed by atoms with Crippen LogP contribution in [0.5, 0.6) is 5.75 Å². The number of para-hydroxylation sites is 2. The predicted molar refractivity (Wildman–Crippen MR) is 87.2 cm³/mol. The summed E-state index contributed by atoms with van der Waals surface area (Å²) in [5.41, 5.74) is 1.88. The van der Waals surface area contributed by atoms with Crippen molar-refractivity contribution in [2.24, 2.45) is 0 Å². The molecule has 0 bridgehead atoms. The number of nitrogens with zero attached hydrogens (tertiary/aromatic N) is 2. The number of nitrogens with one attached hydrogen (secondary N) is 1. The third kappa shape index (κ3) is 3.60. The number of aliphatic hydroxyl groups is 1. The lowest BCUT2D eigenvalue weighted by atomic mass is 10.3. The molecule has 1 aromatic heterocycles. The van der Waals surface area contributed by atoms with E-state index >= 15 is 0 Å². The molecule has 2 N–H and O–H groups in total. The first-order chi connectivity index (χ1) is 11.3. The molecule has 0 amide bonds. The van der Waals surface area contributed by atoms with E-state index in [1.165, 1.54) is 12.1 Å². The molecule has 3 aromatic rings. The third-order valence-electron chi connectivity index (χ3n) is 3.45. The molecule has 0 unspecified atom stereocenters. The Hall–Kier alpha value is -2.60. The molecule has 6 heteroatoms. The summed E-state index contributed by atoms with van der Waals surface area (Å²) < 4.78 is 20.5. The number of imidazole rings is 1. The average molecular weight is 315 g/mol. The molecule has 0 aliphatic heterocycles. The third-order valence-corrected chi connectivity index (χ3v) is 3.45. The Morgan fingerprint density at radius 1 is 1.13 bits per heavy atom. The maximum absolute atomic E-state index is 12.9. The van der Waals surface area contributed by atoms with Crippen LogP contribution in [0.25, 0.3) is 11.0 Å². The van der Waals surface area contributed by atoms with Crippen LogP contribution in [0.3, 0.4) is 0 Å². The number of halogens is 1. The van der Waals surface area contributed by atoms with Gasteiger partial charge < -0.3 is 19.7 Å². The number of hydrogen-bond donors (Lipinski definition) is 2. The highest BCUT2D eigenvalue weighted by atomic mass is 19.1. The Morgan fingerprint density at radius 3 is 2.70 bits per heavy atom. The van der Waals surface area contributed by atoms with Gasteiger partial charge in [0, 0.05) is 6.54 Å². The van der Waals surface area contributed by atoms with Gasteiger partial charge in [0.25, 0.3) is 0 Å². The van der Waals surface area contributed by atoms with Crippen molar-refractivity contribution in [1.82, 2.24) is 9.55 Å². The minimum Gasteiger partial charge on any atom is -0.492 e. The molecule has 0 saturated carbocycles.